The van der Waals surface area contributed by atoms with Gasteiger partial charge in [-0.05, 0) is 51.5 Å². The molecular formula is C16H27N3O2. The smallest absolute Gasteiger partial charge is 0.236 e. The molecule has 2 saturated heterocycles. The lowest BCUT2D eigenvalue weighted by atomic mass is 10.1. The molecule has 1 N–H and O–H groups in total. The molecule has 0 aromatic heterocycles. The maximum absolute atomic E-state index is 12.3. The van der Waals surface area contributed by atoms with E-state index in [9.17, 15) is 9.59 Å². The summed E-state index contributed by atoms with van der Waals surface area (Å²) in [7, 11) is 0. The highest BCUT2D eigenvalue weighted by molar-refractivity contribution is 5.81. The van der Waals surface area contributed by atoms with E-state index in [0.717, 1.165) is 64.7 Å². The summed E-state index contributed by atoms with van der Waals surface area (Å²) in [6.45, 7) is 4.19. The summed E-state index contributed by atoms with van der Waals surface area (Å²) in [5, 5.41) is 3.16. The predicted octanol–water partition coefficient (Wildman–Crippen LogP) is 0.989. The summed E-state index contributed by atoms with van der Waals surface area (Å²) in [6, 6.07) is 0.237. The Balaban J connectivity index is 1.44. The lowest BCUT2D eigenvalue weighted by Gasteiger charge is -2.35. The number of hydrogen-bond acceptors (Lipinski definition) is 3. The zero-order chi connectivity index (χ0) is 14.7. The second-order valence-electron chi connectivity index (χ2n) is 6.80. The molecule has 5 heteroatoms. The number of likely N-dealkylation sites (tertiary alicyclic amines) is 2. The molecule has 118 valence electrons. The van der Waals surface area contributed by atoms with Crippen LogP contribution in [-0.4, -0.2) is 60.4 Å². The minimum atomic E-state index is 0.226. The topological polar surface area (TPSA) is 52.7 Å². The Morgan fingerprint density at radius 1 is 0.952 bits per heavy atom. The number of nitrogens with one attached hydrogen (secondary N) is 1. The third-order valence-corrected chi connectivity index (χ3v) is 4.87. The van der Waals surface area contributed by atoms with Gasteiger partial charge in [0.25, 0.3) is 0 Å². The minimum absolute atomic E-state index is 0.226. The number of hydrogen-bond donors (Lipinski definition) is 1. The molecule has 5 nitrogen and oxygen atoms in total. The van der Waals surface area contributed by atoms with Crippen LogP contribution in [0.1, 0.15) is 44.9 Å². The van der Waals surface area contributed by atoms with E-state index in [2.05, 4.69) is 10.2 Å². The van der Waals surface area contributed by atoms with Gasteiger partial charge in [-0.25, -0.2) is 0 Å². The van der Waals surface area contributed by atoms with Crippen molar-refractivity contribution in [1.29, 1.82) is 0 Å². The van der Waals surface area contributed by atoms with Crippen molar-refractivity contribution in [3.63, 3.8) is 0 Å². The second-order valence-corrected chi connectivity index (χ2v) is 6.80. The van der Waals surface area contributed by atoms with Crippen LogP contribution in [0.4, 0.5) is 0 Å². The highest BCUT2D eigenvalue weighted by atomic mass is 16.2. The summed E-state index contributed by atoms with van der Waals surface area (Å²) in [5.74, 6) is 0.767. The lowest BCUT2D eigenvalue weighted by molar-refractivity contribution is -0.133. The summed E-state index contributed by atoms with van der Waals surface area (Å²) in [6.07, 6.45) is 7.77. The Bertz CT molecular complexity index is 389. The summed E-state index contributed by atoms with van der Waals surface area (Å²) in [5.41, 5.74) is 0. The third kappa shape index (κ3) is 4.19. The average Bonchev–Trinajstić information content (AvgIpc) is 3.33. The van der Waals surface area contributed by atoms with E-state index in [1.54, 1.807) is 0 Å². The van der Waals surface area contributed by atoms with Gasteiger partial charge in [0.05, 0.1) is 6.54 Å². The van der Waals surface area contributed by atoms with E-state index in [4.69, 9.17) is 0 Å². The van der Waals surface area contributed by atoms with Gasteiger partial charge in [-0.15, -0.1) is 0 Å². The van der Waals surface area contributed by atoms with Crippen molar-refractivity contribution in [2.24, 2.45) is 5.92 Å². The zero-order valence-electron chi connectivity index (χ0n) is 12.9. The SMILES string of the molecule is O=C(NC1CCCN(CC(=O)N2CCCCC2)C1)C1CC1. The van der Waals surface area contributed by atoms with Crippen LogP contribution in [0.5, 0.6) is 0 Å². The number of carbonyl (C=O) groups excluding carboxylic acids is 2. The normalized spacial score (nSPS) is 27.4. The summed E-state index contributed by atoms with van der Waals surface area (Å²) < 4.78 is 0. The van der Waals surface area contributed by atoms with E-state index < -0.39 is 0 Å². The van der Waals surface area contributed by atoms with Crippen LogP contribution in [0.25, 0.3) is 0 Å². The van der Waals surface area contributed by atoms with E-state index >= 15 is 0 Å². The molecule has 2 amide bonds. The van der Waals surface area contributed by atoms with Crippen LogP contribution in [-0.2, 0) is 9.59 Å². The van der Waals surface area contributed by atoms with Crippen LogP contribution in [0, 0.1) is 5.92 Å². The Morgan fingerprint density at radius 3 is 2.43 bits per heavy atom. The third-order valence-electron chi connectivity index (χ3n) is 4.87. The highest BCUT2D eigenvalue weighted by Crippen LogP contribution is 2.29. The van der Waals surface area contributed by atoms with Crippen molar-refractivity contribution >= 4 is 11.8 Å². The van der Waals surface area contributed by atoms with Crippen LogP contribution >= 0.6 is 0 Å². The Labute approximate surface area is 127 Å². The Morgan fingerprint density at radius 2 is 1.71 bits per heavy atom. The van der Waals surface area contributed by atoms with Crippen LogP contribution in [0.3, 0.4) is 0 Å². The molecule has 0 aromatic carbocycles. The first-order chi connectivity index (χ1) is 10.2. The second kappa shape index (κ2) is 6.77. The van der Waals surface area contributed by atoms with Crippen LogP contribution in [0.2, 0.25) is 0 Å². The highest BCUT2D eigenvalue weighted by Gasteiger charge is 2.32. The van der Waals surface area contributed by atoms with Crippen molar-refractivity contribution in [2.75, 3.05) is 32.7 Å². The van der Waals surface area contributed by atoms with Crippen LogP contribution in [0.15, 0.2) is 0 Å². The fourth-order valence-electron chi connectivity index (χ4n) is 3.42. The molecule has 2 heterocycles. The quantitative estimate of drug-likeness (QED) is 0.841. The van der Waals surface area contributed by atoms with Gasteiger partial charge in [-0.2, -0.15) is 0 Å². The van der Waals surface area contributed by atoms with Crippen molar-refractivity contribution in [2.45, 2.75) is 51.0 Å². The molecule has 3 aliphatic rings. The summed E-state index contributed by atoms with van der Waals surface area (Å²) >= 11 is 0. The monoisotopic (exact) mass is 293 g/mol. The number of piperidine rings is 2. The molecule has 21 heavy (non-hydrogen) atoms. The van der Waals surface area contributed by atoms with Gasteiger partial charge in [0.1, 0.15) is 0 Å². The largest absolute Gasteiger partial charge is 0.352 e. The van der Waals surface area contributed by atoms with Gasteiger partial charge in [-0.3, -0.25) is 14.5 Å². The fourth-order valence-corrected chi connectivity index (χ4v) is 3.42. The predicted molar refractivity (Wildman–Crippen MR) is 80.8 cm³/mol. The van der Waals surface area contributed by atoms with Crippen molar-refractivity contribution in [3.05, 3.63) is 0 Å². The molecule has 0 bridgehead atoms. The molecular weight excluding hydrogens is 266 g/mol. The molecule has 1 saturated carbocycles. The van der Waals surface area contributed by atoms with Crippen LogP contribution < -0.4 is 5.32 Å². The molecule has 0 radical (unpaired) electrons. The number of rotatable bonds is 4. The number of nitrogens with zero attached hydrogens (tertiary/aromatic N) is 2. The van der Waals surface area contributed by atoms with E-state index in [1.807, 2.05) is 4.90 Å². The van der Waals surface area contributed by atoms with Crippen molar-refractivity contribution in [1.82, 2.24) is 15.1 Å². The molecule has 1 aliphatic carbocycles. The fraction of sp³-hybridized carbons (Fsp3) is 0.875. The first-order valence-corrected chi connectivity index (χ1v) is 8.53. The van der Waals surface area contributed by atoms with E-state index in [0.29, 0.717) is 6.54 Å². The van der Waals surface area contributed by atoms with Gasteiger partial charge in [0, 0.05) is 31.6 Å². The first kappa shape index (κ1) is 14.8. The van der Waals surface area contributed by atoms with Gasteiger partial charge in [0.2, 0.25) is 11.8 Å². The summed E-state index contributed by atoms with van der Waals surface area (Å²) in [4.78, 5) is 28.4. The average molecular weight is 293 g/mol. The lowest BCUT2D eigenvalue weighted by Crippen LogP contribution is -2.51. The van der Waals surface area contributed by atoms with Gasteiger partial charge in [0.15, 0.2) is 0 Å². The number of carbonyl (C=O) groups is 2. The van der Waals surface area contributed by atoms with Crippen molar-refractivity contribution < 1.29 is 9.59 Å². The molecule has 1 unspecified atom stereocenters. The van der Waals surface area contributed by atoms with E-state index in [1.165, 1.54) is 6.42 Å². The molecule has 3 rings (SSSR count). The first-order valence-electron chi connectivity index (χ1n) is 8.53. The Kier molecular flexibility index (Phi) is 4.78. The Hall–Kier alpha value is -1.10. The zero-order valence-corrected chi connectivity index (χ0v) is 12.9. The molecule has 0 aromatic rings. The molecule has 2 aliphatic heterocycles. The van der Waals surface area contributed by atoms with Gasteiger partial charge in [-0.1, -0.05) is 0 Å². The van der Waals surface area contributed by atoms with Gasteiger partial charge >= 0.3 is 0 Å². The minimum Gasteiger partial charge on any atom is -0.352 e. The number of amides is 2. The molecule has 1 atom stereocenters. The molecule has 0 spiro atoms. The van der Waals surface area contributed by atoms with E-state index in [-0.39, 0.29) is 23.8 Å². The molecule has 3 fully saturated rings. The van der Waals surface area contributed by atoms with Gasteiger partial charge < -0.3 is 10.2 Å². The maximum atomic E-state index is 12.3. The van der Waals surface area contributed by atoms with Crippen molar-refractivity contribution in [3.8, 4) is 0 Å². The maximum Gasteiger partial charge on any atom is 0.236 e. The standard InChI is InChI=1S/C16H27N3O2/c20-15(19-9-2-1-3-10-19)12-18-8-4-5-14(11-18)17-16(21)13-6-7-13/h13-14H,1-12H2,(H,17,21).